The van der Waals surface area contributed by atoms with Crippen LogP contribution in [0.2, 0.25) is 30.7 Å². The number of rotatable bonds is 7. The molecule has 0 fully saturated rings. The topological polar surface area (TPSA) is 81.5 Å². The zero-order valence-corrected chi connectivity index (χ0v) is 18.0. The molecule has 0 aliphatic heterocycles. The van der Waals surface area contributed by atoms with E-state index in [2.05, 4.69) is 29.6 Å². The van der Waals surface area contributed by atoms with E-state index in [1.807, 2.05) is 0 Å². The predicted molar refractivity (Wildman–Crippen MR) is 107 cm³/mol. The number of esters is 1. The van der Waals surface area contributed by atoms with Gasteiger partial charge in [0.2, 0.25) is 0 Å². The van der Waals surface area contributed by atoms with Gasteiger partial charge >= 0.3 is 12.0 Å². The monoisotopic (exact) mass is 408 g/mol. The molecule has 0 amide bonds. The van der Waals surface area contributed by atoms with Crippen molar-refractivity contribution < 1.29 is 19.4 Å². The lowest BCUT2D eigenvalue weighted by atomic mass is 9.91. The maximum Gasteiger partial charge on any atom is 0.339 e. The summed E-state index contributed by atoms with van der Waals surface area (Å²) in [6.07, 6.45) is 1.54. The smallest absolute Gasteiger partial charge is 0.339 e. The Labute approximate surface area is 165 Å². The molecule has 27 heavy (non-hydrogen) atoms. The van der Waals surface area contributed by atoms with Gasteiger partial charge in [-0.15, -0.1) is 0 Å². The first kappa shape index (κ1) is 21.3. The molecule has 0 saturated carbocycles. The molecule has 0 bridgehead atoms. The summed E-state index contributed by atoms with van der Waals surface area (Å²) in [5.41, 5.74) is -0.469. The third-order valence-electron chi connectivity index (χ3n) is 4.15. The van der Waals surface area contributed by atoms with E-state index in [-0.39, 0.29) is 16.6 Å². The fourth-order valence-corrected chi connectivity index (χ4v) is 3.28. The van der Waals surface area contributed by atoms with Gasteiger partial charge in [-0.05, 0) is 36.7 Å². The number of nitrogens with zero attached hydrogens (tertiary/aromatic N) is 2. The summed E-state index contributed by atoms with van der Waals surface area (Å²) in [4.78, 5) is 20.3. The molecule has 1 aromatic carbocycles. The van der Waals surface area contributed by atoms with Gasteiger partial charge in [0.05, 0.1) is 30.0 Å². The van der Waals surface area contributed by atoms with Crippen LogP contribution < -0.4 is 4.74 Å². The zero-order valence-electron chi connectivity index (χ0n) is 16.2. The Bertz CT molecular complexity index is 822. The normalized spacial score (nSPS) is 13.7. The lowest BCUT2D eigenvalue weighted by Gasteiger charge is -2.24. The Balaban J connectivity index is 2.28. The second-order valence-electron chi connectivity index (χ2n) is 7.64. The van der Waals surface area contributed by atoms with Crippen LogP contribution in [0.5, 0.6) is 6.01 Å². The number of carbonyl (C=O) groups is 1. The van der Waals surface area contributed by atoms with Gasteiger partial charge in [-0.1, -0.05) is 37.3 Å². The standard InChI is InChI=1S/C19H25ClN2O4Si/c1-19(24,13-6-7-15(20)14(12-13)17(23)25-2)16-8-9-21-18(22-16)26-10-11-27(3,4)5/h6-9,12,24H,10-11H2,1-5H3. The van der Waals surface area contributed by atoms with Crippen LogP contribution in [0.4, 0.5) is 0 Å². The van der Waals surface area contributed by atoms with Crippen molar-refractivity contribution in [2.75, 3.05) is 13.7 Å². The van der Waals surface area contributed by atoms with Gasteiger partial charge in [0.15, 0.2) is 0 Å². The minimum atomic E-state index is -1.47. The van der Waals surface area contributed by atoms with E-state index in [0.29, 0.717) is 17.9 Å². The van der Waals surface area contributed by atoms with E-state index in [1.54, 1.807) is 25.1 Å². The second-order valence-corrected chi connectivity index (χ2v) is 13.7. The summed E-state index contributed by atoms with van der Waals surface area (Å²) >= 11 is 6.06. The van der Waals surface area contributed by atoms with Gasteiger partial charge in [-0.3, -0.25) is 0 Å². The highest BCUT2D eigenvalue weighted by Crippen LogP contribution is 2.31. The van der Waals surface area contributed by atoms with Crippen molar-refractivity contribution in [3.05, 3.63) is 52.3 Å². The molecule has 1 heterocycles. The lowest BCUT2D eigenvalue weighted by Crippen LogP contribution is -2.26. The molecule has 6 nitrogen and oxygen atoms in total. The van der Waals surface area contributed by atoms with Crippen LogP contribution in [0.25, 0.3) is 0 Å². The summed E-state index contributed by atoms with van der Waals surface area (Å²) in [5, 5.41) is 11.3. The Morgan fingerprint density at radius 2 is 2.00 bits per heavy atom. The number of aromatic nitrogens is 2. The van der Waals surface area contributed by atoms with Crippen molar-refractivity contribution in [2.24, 2.45) is 0 Å². The maximum absolute atomic E-state index is 11.9. The van der Waals surface area contributed by atoms with Crippen LogP contribution in [-0.2, 0) is 10.3 Å². The summed E-state index contributed by atoms with van der Waals surface area (Å²) in [7, 11) is 0.0494. The average molecular weight is 409 g/mol. The molecule has 0 aliphatic carbocycles. The van der Waals surface area contributed by atoms with Crippen molar-refractivity contribution in [1.82, 2.24) is 9.97 Å². The van der Waals surface area contributed by atoms with E-state index in [1.165, 1.54) is 19.4 Å². The molecular formula is C19H25ClN2O4Si. The third-order valence-corrected chi connectivity index (χ3v) is 6.18. The number of halogens is 1. The van der Waals surface area contributed by atoms with Gasteiger partial charge in [0.25, 0.3) is 0 Å². The molecule has 146 valence electrons. The van der Waals surface area contributed by atoms with Crippen LogP contribution in [-0.4, -0.2) is 42.8 Å². The van der Waals surface area contributed by atoms with Gasteiger partial charge in [-0.25, -0.2) is 9.78 Å². The quantitative estimate of drug-likeness (QED) is 0.552. The first-order valence-electron chi connectivity index (χ1n) is 8.61. The van der Waals surface area contributed by atoms with Crippen LogP contribution in [0.15, 0.2) is 30.5 Å². The number of benzene rings is 1. The first-order valence-corrected chi connectivity index (χ1v) is 12.7. The summed E-state index contributed by atoms with van der Waals surface area (Å²) in [5.74, 6) is -0.573. The van der Waals surface area contributed by atoms with Crippen molar-refractivity contribution in [3.63, 3.8) is 0 Å². The summed E-state index contributed by atoms with van der Waals surface area (Å²) in [6, 6.07) is 7.50. The predicted octanol–water partition coefficient (Wildman–Crippen LogP) is 3.89. The SMILES string of the molecule is COC(=O)c1cc(C(C)(O)c2ccnc(OCC[Si](C)(C)C)n2)ccc1Cl. The molecule has 1 atom stereocenters. The summed E-state index contributed by atoms with van der Waals surface area (Å²) in [6.45, 7) is 8.91. The lowest BCUT2D eigenvalue weighted by molar-refractivity contribution is 0.0599. The molecular weight excluding hydrogens is 384 g/mol. The maximum atomic E-state index is 11.9. The van der Waals surface area contributed by atoms with Crippen molar-refractivity contribution in [3.8, 4) is 6.01 Å². The molecule has 1 aromatic heterocycles. The van der Waals surface area contributed by atoms with Gasteiger partial charge in [0.1, 0.15) is 5.60 Å². The molecule has 2 aromatic rings. The van der Waals surface area contributed by atoms with Crippen LogP contribution in [0, 0.1) is 0 Å². The highest BCUT2D eigenvalue weighted by molar-refractivity contribution is 6.76. The molecule has 0 spiro atoms. The minimum absolute atomic E-state index is 0.178. The van der Waals surface area contributed by atoms with Crippen LogP contribution in [0.1, 0.15) is 28.5 Å². The zero-order chi connectivity index (χ0) is 20.2. The van der Waals surface area contributed by atoms with Crippen molar-refractivity contribution in [1.29, 1.82) is 0 Å². The minimum Gasteiger partial charge on any atom is -0.465 e. The Morgan fingerprint density at radius 1 is 1.30 bits per heavy atom. The van der Waals surface area contributed by atoms with E-state index in [4.69, 9.17) is 21.1 Å². The highest BCUT2D eigenvalue weighted by Gasteiger charge is 2.29. The van der Waals surface area contributed by atoms with Crippen molar-refractivity contribution in [2.45, 2.75) is 38.2 Å². The van der Waals surface area contributed by atoms with Crippen molar-refractivity contribution >= 4 is 25.6 Å². The number of ether oxygens (including phenoxy) is 2. The molecule has 1 unspecified atom stereocenters. The second kappa shape index (κ2) is 8.37. The first-order chi connectivity index (χ1) is 12.5. The highest BCUT2D eigenvalue weighted by atomic mass is 35.5. The fraction of sp³-hybridized carbons (Fsp3) is 0.421. The van der Waals surface area contributed by atoms with E-state index >= 15 is 0 Å². The Kier molecular flexibility index (Phi) is 6.62. The number of methoxy groups -OCH3 is 1. The van der Waals surface area contributed by atoms with Crippen LogP contribution in [0.3, 0.4) is 0 Å². The molecule has 1 N–H and O–H groups in total. The third kappa shape index (κ3) is 5.51. The Morgan fingerprint density at radius 3 is 2.63 bits per heavy atom. The van der Waals surface area contributed by atoms with Gasteiger partial charge < -0.3 is 14.6 Å². The van der Waals surface area contributed by atoms with Crippen LogP contribution >= 0.6 is 11.6 Å². The largest absolute Gasteiger partial charge is 0.465 e. The fourth-order valence-electron chi connectivity index (χ4n) is 2.37. The molecule has 2 rings (SSSR count). The number of carbonyl (C=O) groups excluding carboxylic acids is 1. The average Bonchev–Trinajstić information content (AvgIpc) is 2.60. The molecule has 0 saturated heterocycles. The summed E-state index contributed by atoms with van der Waals surface area (Å²) < 4.78 is 10.4. The number of hydrogen-bond donors (Lipinski definition) is 1. The van der Waals surface area contributed by atoms with Gasteiger partial charge in [0, 0.05) is 14.3 Å². The number of aliphatic hydroxyl groups is 1. The van der Waals surface area contributed by atoms with E-state index in [9.17, 15) is 9.90 Å². The van der Waals surface area contributed by atoms with Gasteiger partial charge in [-0.2, -0.15) is 4.98 Å². The molecule has 8 heteroatoms. The van der Waals surface area contributed by atoms with E-state index < -0.39 is 19.6 Å². The number of hydrogen-bond acceptors (Lipinski definition) is 6. The Hall–Kier alpha value is -1.96. The molecule has 0 radical (unpaired) electrons. The molecule has 0 aliphatic rings. The van der Waals surface area contributed by atoms with E-state index in [0.717, 1.165) is 6.04 Å².